The zero-order valence-electron chi connectivity index (χ0n) is 9.07. The Morgan fingerprint density at radius 1 is 1.36 bits per heavy atom. The van der Waals surface area contributed by atoms with Crippen LogP contribution in [0.25, 0.3) is 0 Å². The molecule has 0 aliphatic heterocycles. The molecular formula is C10H18N4. The predicted molar refractivity (Wildman–Crippen MR) is 56.9 cm³/mol. The summed E-state index contributed by atoms with van der Waals surface area (Å²) in [5, 5.41) is 0. The maximum atomic E-state index is 5.96. The first-order valence-electron chi connectivity index (χ1n) is 4.78. The zero-order chi connectivity index (χ0) is 10.6. The fourth-order valence-electron chi connectivity index (χ4n) is 1.14. The number of rotatable bonds is 4. The second kappa shape index (κ2) is 5.02. The minimum atomic E-state index is -0.00880. The molecule has 0 aromatic carbocycles. The minimum absolute atomic E-state index is 0.00880. The smallest absolute Gasteiger partial charge is 0.0754 e. The second-order valence-corrected chi connectivity index (χ2v) is 3.78. The molecule has 0 amide bonds. The third kappa shape index (κ3) is 3.40. The van der Waals surface area contributed by atoms with Gasteiger partial charge in [-0.1, -0.05) is 0 Å². The van der Waals surface area contributed by atoms with E-state index in [1.54, 1.807) is 12.4 Å². The van der Waals surface area contributed by atoms with E-state index in [1.807, 2.05) is 21.0 Å². The van der Waals surface area contributed by atoms with Crippen molar-refractivity contribution < 1.29 is 0 Å². The standard InChI is InChI=1S/C10H18N4/c1-8-6-13-10(7-12-8)9(11)4-5-14(2)3/h6-7,9H,4-5,11H2,1-3H3. The number of hydrogen-bond donors (Lipinski definition) is 1. The van der Waals surface area contributed by atoms with Gasteiger partial charge in [-0.2, -0.15) is 0 Å². The molecule has 0 spiro atoms. The number of aryl methyl sites for hydroxylation is 1. The molecule has 2 N–H and O–H groups in total. The average molecular weight is 194 g/mol. The molecular weight excluding hydrogens is 176 g/mol. The van der Waals surface area contributed by atoms with Gasteiger partial charge in [-0.05, 0) is 34.0 Å². The zero-order valence-corrected chi connectivity index (χ0v) is 9.07. The average Bonchev–Trinajstić information content (AvgIpc) is 2.15. The lowest BCUT2D eigenvalue weighted by atomic mass is 10.1. The summed E-state index contributed by atoms with van der Waals surface area (Å²) in [4.78, 5) is 10.5. The summed E-state index contributed by atoms with van der Waals surface area (Å²) < 4.78 is 0. The van der Waals surface area contributed by atoms with Crippen molar-refractivity contribution in [3.05, 3.63) is 23.8 Å². The lowest BCUT2D eigenvalue weighted by Gasteiger charge is -2.14. The van der Waals surface area contributed by atoms with Crippen LogP contribution in [0.15, 0.2) is 12.4 Å². The van der Waals surface area contributed by atoms with Crippen LogP contribution in [0.1, 0.15) is 23.9 Å². The third-order valence-electron chi connectivity index (χ3n) is 2.07. The maximum Gasteiger partial charge on any atom is 0.0754 e. The van der Waals surface area contributed by atoms with E-state index in [0.29, 0.717) is 0 Å². The molecule has 78 valence electrons. The summed E-state index contributed by atoms with van der Waals surface area (Å²) >= 11 is 0. The number of hydrogen-bond acceptors (Lipinski definition) is 4. The fraction of sp³-hybridized carbons (Fsp3) is 0.600. The van der Waals surface area contributed by atoms with Crippen LogP contribution in [0.4, 0.5) is 0 Å². The second-order valence-electron chi connectivity index (χ2n) is 3.78. The normalized spacial score (nSPS) is 13.2. The Kier molecular flexibility index (Phi) is 3.98. The van der Waals surface area contributed by atoms with Crippen molar-refractivity contribution >= 4 is 0 Å². The van der Waals surface area contributed by atoms with Crippen molar-refractivity contribution in [2.24, 2.45) is 5.73 Å². The van der Waals surface area contributed by atoms with E-state index in [4.69, 9.17) is 5.73 Å². The Morgan fingerprint density at radius 3 is 2.57 bits per heavy atom. The molecule has 1 heterocycles. The van der Waals surface area contributed by atoms with Gasteiger partial charge in [0.25, 0.3) is 0 Å². The van der Waals surface area contributed by atoms with Crippen LogP contribution in [0.3, 0.4) is 0 Å². The number of aromatic nitrogens is 2. The Balaban J connectivity index is 2.52. The van der Waals surface area contributed by atoms with Gasteiger partial charge in [0.1, 0.15) is 0 Å². The molecule has 4 heteroatoms. The van der Waals surface area contributed by atoms with Gasteiger partial charge in [0.05, 0.1) is 17.6 Å². The van der Waals surface area contributed by atoms with Gasteiger partial charge >= 0.3 is 0 Å². The highest BCUT2D eigenvalue weighted by Crippen LogP contribution is 2.09. The van der Waals surface area contributed by atoms with Crippen molar-refractivity contribution in [2.75, 3.05) is 20.6 Å². The van der Waals surface area contributed by atoms with Crippen LogP contribution in [0, 0.1) is 6.92 Å². The summed E-state index contributed by atoms with van der Waals surface area (Å²) in [6.45, 7) is 2.89. The van der Waals surface area contributed by atoms with Crippen LogP contribution in [0.5, 0.6) is 0 Å². The predicted octanol–water partition coefficient (Wildman–Crippen LogP) is 0.737. The Labute approximate surface area is 85.2 Å². The molecule has 0 aliphatic carbocycles. The SMILES string of the molecule is Cc1cnc(C(N)CCN(C)C)cn1. The van der Waals surface area contributed by atoms with Gasteiger partial charge in [0, 0.05) is 12.2 Å². The first-order valence-corrected chi connectivity index (χ1v) is 4.78. The van der Waals surface area contributed by atoms with Crippen LogP contribution >= 0.6 is 0 Å². The van der Waals surface area contributed by atoms with E-state index in [2.05, 4.69) is 14.9 Å². The highest BCUT2D eigenvalue weighted by molar-refractivity contribution is 5.04. The van der Waals surface area contributed by atoms with Gasteiger partial charge in [0.15, 0.2) is 0 Å². The Morgan fingerprint density at radius 2 is 2.07 bits per heavy atom. The van der Waals surface area contributed by atoms with Crippen LogP contribution in [-0.2, 0) is 0 Å². The van der Waals surface area contributed by atoms with Gasteiger partial charge in [-0.15, -0.1) is 0 Å². The summed E-state index contributed by atoms with van der Waals surface area (Å²) in [5.74, 6) is 0. The first-order chi connectivity index (χ1) is 6.59. The first kappa shape index (κ1) is 11.1. The maximum absolute atomic E-state index is 5.96. The molecule has 14 heavy (non-hydrogen) atoms. The molecule has 1 aromatic rings. The topological polar surface area (TPSA) is 55.0 Å². The molecule has 0 radical (unpaired) electrons. The minimum Gasteiger partial charge on any atom is -0.323 e. The van der Waals surface area contributed by atoms with Gasteiger partial charge < -0.3 is 10.6 Å². The highest BCUT2D eigenvalue weighted by Gasteiger charge is 2.07. The van der Waals surface area contributed by atoms with Crippen molar-refractivity contribution in [3.8, 4) is 0 Å². The summed E-state index contributed by atoms with van der Waals surface area (Å²) in [6.07, 6.45) is 4.42. The molecule has 1 rings (SSSR count). The molecule has 1 atom stereocenters. The molecule has 4 nitrogen and oxygen atoms in total. The summed E-state index contributed by atoms with van der Waals surface area (Å²) in [6, 6.07) is -0.00880. The molecule has 0 bridgehead atoms. The quantitative estimate of drug-likeness (QED) is 0.768. The largest absolute Gasteiger partial charge is 0.323 e. The van der Waals surface area contributed by atoms with Gasteiger partial charge in [-0.25, -0.2) is 0 Å². The third-order valence-corrected chi connectivity index (χ3v) is 2.07. The van der Waals surface area contributed by atoms with Crippen LogP contribution < -0.4 is 5.73 Å². The van der Waals surface area contributed by atoms with Crippen LogP contribution in [-0.4, -0.2) is 35.5 Å². The van der Waals surface area contributed by atoms with E-state index in [-0.39, 0.29) is 6.04 Å². The molecule has 1 aromatic heterocycles. The fourth-order valence-corrected chi connectivity index (χ4v) is 1.14. The van der Waals surface area contributed by atoms with E-state index in [9.17, 15) is 0 Å². The van der Waals surface area contributed by atoms with Crippen LogP contribution in [0.2, 0.25) is 0 Å². The molecule has 0 saturated carbocycles. The van der Waals surface area contributed by atoms with E-state index in [0.717, 1.165) is 24.4 Å². The van der Waals surface area contributed by atoms with Gasteiger partial charge in [-0.3, -0.25) is 9.97 Å². The van der Waals surface area contributed by atoms with E-state index in [1.165, 1.54) is 0 Å². The Bertz CT molecular complexity index is 268. The summed E-state index contributed by atoms with van der Waals surface area (Å²) in [7, 11) is 4.07. The number of nitrogens with zero attached hydrogens (tertiary/aromatic N) is 3. The molecule has 0 aliphatic rings. The monoisotopic (exact) mass is 194 g/mol. The number of nitrogens with two attached hydrogens (primary N) is 1. The van der Waals surface area contributed by atoms with E-state index < -0.39 is 0 Å². The molecule has 1 unspecified atom stereocenters. The molecule has 0 fully saturated rings. The highest BCUT2D eigenvalue weighted by atomic mass is 15.1. The van der Waals surface area contributed by atoms with Gasteiger partial charge in [0.2, 0.25) is 0 Å². The van der Waals surface area contributed by atoms with Crippen molar-refractivity contribution in [1.82, 2.24) is 14.9 Å². The molecule has 0 saturated heterocycles. The Hall–Kier alpha value is -1.00. The van der Waals surface area contributed by atoms with Crippen molar-refractivity contribution in [3.63, 3.8) is 0 Å². The lowest BCUT2D eigenvalue weighted by molar-refractivity contribution is 0.380. The van der Waals surface area contributed by atoms with Crippen molar-refractivity contribution in [1.29, 1.82) is 0 Å². The summed E-state index contributed by atoms with van der Waals surface area (Å²) in [5.41, 5.74) is 7.76. The van der Waals surface area contributed by atoms with E-state index >= 15 is 0 Å². The van der Waals surface area contributed by atoms with Crippen molar-refractivity contribution in [2.45, 2.75) is 19.4 Å². The lowest BCUT2D eigenvalue weighted by Crippen LogP contribution is -2.21.